The van der Waals surface area contributed by atoms with Crippen molar-refractivity contribution in [1.29, 1.82) is 0 Å². The first kappa shape index (κ1) is 21.0. The van der Waals surface area contributed by atoms with Gasteiger partial charge in [0.2, 0.25) is 10.0 Å². The molecule has 0 atom stereocenters. The molecule has 0 aliphatic heterocycles. The van der Waals surface area contributed by atoms with Gasteiger partial charge in [-0.05, 0) is 46.7 Å². The van der Waals surface area contributed by atoms with Crippen LogP contribution in [0.5, 0.6) is 0 Å². The summed E-state index contributed by atoms with van der Waals surface area (Å²) in [6.07, 6.45) is 0. The van der Waals surface area contributed by atoms with Crippen LogP contribution in [-0.2, 0) is 15.8 Å². The van der Waals surface area contributed by atoms with E-state index in [-0.39, 0.29) is 10.8 Å². The number of thioether (sulfide) groups is 1. The molecule has 2 rings (SSSR count). The number of nitrogens with one attached hydrogen (secondary N) is 1. The lowest BCUT2D eigenvalue weighted by Crippen LogP contribution is -2.30. The van der Waals surface area contributed by atoms with Gasteiger partial charge < -0.3 is 5.32 Å². The van der Waals surface area contributed by atoms with Gasteiger partial charge in [0.25, 0.3) is 5.91 Å². The number of sulfonamides is 1. The van der Waals surface area contributed by atoms with E-state index < -0.39 is 10.0 Å². The van der Waals surface area contributed by atoms with E-state index in [9.17, 15) is 13.2 Å². The third kappa shape index (κ3) is 5.57. The molecule has 1 aromatic heterocycles. The average molecular weight is 413 g/mol. The molecule has 0 aliphatic carbocycles. The number of nitrogens with zero attached hydrogens (tertiary/aromatic N) is 1. The summed E-state index contributed by atoms with van der Waals surface area (Å²) in [5, 5.41) is 7.05. The molecule has 26 heavy (non-hydrogen) atoms. The number of carbonyl (C=O) groups excluding carboxylic acids is 1. The highest BCUT2D eigenvalue weighted by Gasteiger charge is 2.21. The van der Waals surface area contributed by atoms with Crippen LogP contribution in [0.3, 0.4) is 0 Å². The van der Waals surface area contributed by atoms with Crippen molar-refractivity contribution in [1.82, 2.24) is 9.62 Å². The molecule has 1 heterocycles. The smallest absolute Gasteiger partial charge is 0.251 e. The number of thiophene rings is 1. The molecule has 1 amide bonds. The molecule has 0 fully saturated rings. The van der Waals surface area contributed by atoms with Crippen LogP contribution in [-0.4, -0.2) is 44.0 Å². The predicted molar refractivity (Wildman–Crippen MR) is 109 cm³/mol. The molecule has 2 aromatic rings. The van der Waals surface area contributed by atoms with E-state index >= 15 is 0 Å². The Balaban J connectivity index is 1.84. The molecule has 0 unspecified atom stereocenters. The highest BCUT2D eigenvalue weighted by Crippen LogP contribution is 2.17. The molecular weight excluding hydrogens is 388 g/mol. The fraction of sp³-hybridized carbons (Fsp3) is 0.389. The third-order valence-corrected chi connectivity index (χ3v) is 7.67. The number of rotatable bonds is 10. The number of hydrogen-bond acceptors (Lipinski definition) is 5. The minimum absolute atomic E-state index is 0.187. The quantitative estimate of drug-likeness (QED) is 0.607. The zero-order valence-corrected chi connectivity index (χ0v) is 17.4. The van der Waals surface area contributed by atoms with E-state index in [1.807, 2.05) is 0 Å². The lowest BCUT2D eigenvalue weighted by molar-refractivity contribution is 0.0956. The van der Waals surface area contributed by atoms with Crippen molar-refractivity contribution in [3.8, 4) is 0 Å². The summed E-state index contributed by atoms with van der Waals surface area (Å²) in [6.45, 7) is 5.03. The zero-order chi connectivity index (χ0) is 19.0. The summed E-state index contributed by atoms with van der Waals surface area (Å²) in [7, 11) is -3.49. The summed E-state index contributed by atoms with van der Waals surface area (Å²) in [5.41, 5.74) is 1.77. The number of amides is 1. The molecule has 5 nitrogen and oxygen atoms in total. The van der Waals surface area contributed by atoms with Crippen LogP contribution < -0.4 is 5.32 Å². The monoisotopic (exact) mass is 412 g/mol. The van der Waals surface area contributed by atoms with Crippen LogP contribution in [0, 0.1) is 0 Å². The topological polar surface area (TPSA) is 66.5 Å². The number of carbonyl (C=O) groups is 1. The van der Waals surface area contributed by atoms with Gasteiger partial charge in [-0.1, -0.05) is 13.8 Å². The second kappa shape index (κ2) is 10.1. The molecule has 0 radical (unpaired) electrons. The van der Waals surface area contributed by atoms with Crippen molar-refractivity contribution in [2.45, 2.75) is 24.5 Å². The normalized spacial score (nSPS) is 11.7. The zero-order valence-electron chi connectivity index (χ0n) is 15.0. The fourth-order valence-electron chi connectivity index (χ4n) is 2.39. The molecule has 142 valence electrons. The SMILES string of the molecule is CCN(CC)S(=O)(=O)c1ccc(C(=O)NCCSCc2ccsc2)cc1. The van der Waals surface area contributed by atoms with E-state index in [1.165, 1.54) is 22.0 Å². The first-order valence-corrected chi connectivity index (χ1v) is 12.0. The van der Waals surface area contributed by atoms with Gasteiger partial charge in [-0.15, -0.1) is 0 Å². The maximum absolute atomic E-state index is 12.4. The van der Waals surface area contributed by atoms with Gasteiger partial charge in [0.1, 0.15) is 0 Å². The number of benzene rings is 1. The molecule has 0 saturated carbocycles. The summed E-state index contributed by atoms with van der Waals surface area (Å²) >= 11 is 3.45. The lowest BCUT2D eigenvalue weighted by Gasteiger charge is -2.18. The Labute approximate surface area is 163 Å². The van der Waals surface area contributed by atoms with Crippen LogP contribution in [0.4, 0.5) is 0 Å². The Kier molecular flexibility index (Phi) is 8.15. The van der Waals surface area contributed by atoms with E-state index in [0.717, 1.165) is 11.5 Å². The second-order valence-corrected chi connectivity index (χ2v) is 9.38. The van der Waals surface area contributed by atoms with Crippen molar-refractivity contribution in [2.75, 3.05) is 25.4 Å². The van der Waals surface area contributed by atoms with E-state index in [2.05, 4.69) is 22.1 Å². The predicted octanol–water partition coefficient (Wildman–Crippen LogP) is 3.44. The summed E-state index contributed by atoms with van der Waals surface area (Å²) < 4.78 is 26.3. The third-order valence-electron chi connectivity index (χ3n) is 3.84. The molecule has 0 aliphatic rings. The van der Waals surface area contributed by atoms with Gasteiger partial charge >= 0.3 is 0 Å². The molecule has 0 bridgehead atoms. The summed E-state index contributed by atoms with van der Waals surface area (Å²) in [6, 6.07) is 8.21. The minimum atomic E-state index is -3.49. The van der Waals surface area contributed by atoms with Gasteiger partial charge in [0.15, 0.2) is 0 Å². The lowest BCUT2D eigenvalue weighted by atomic mass is 10.2. The van der Waals surface area contributed by atoms with Gasteiger partial charge in [-0.3, -0.25) is 4.79 Å². The number of hydrogen-bond donors (Lipinski definition) is 1. The largest absolute Gasteiger partial charge is 0.351 e. The highest BCUT2D eigenvalue weighted by atomic mass is 32.2. The van der Waals surface area contributed by atoms with Crippen molar-refractivity contribution in [2.24, 2.45) is 0 Å². The van der Waals surface area contributed by atoms with Gasteiger partial charge in [-0.25, -0.2) is 8.42 Å². The molecule has 0 spiro atoms. The van der Waals surface area contributed by atoms with Crippen molar-refractivity contribution < 1.29 is 13.2 Å². The Bertz CT molecular complexity index is 784. The van der Waals surface area contributed by atoms with Gasteiger partial charge in [0.05, 0.1) is 4.90 Å². The van der Waals surface area contributed by atoms with E-state index in [4.69, 9.17) is 0 Å². The highest BCUT2D eigenvalue weighted by molar-refractivity contribution is 7.98. The van der Waals surface area contributed by atoms with E-state index in [0.29, 0.717) is 25.2 Å². The second-order valence-electron chi connectivity index (χ2n) is 5.55. The van der Waals surface area contributed by atoms with Crippen molar-refractivity contribution >= 4 is 39.0 Å². The summed E-state index contributed by atoms with van der Waals surface area (Å²) in [5.74, 6) is 1.58. The fourth-order valence-corrected chi connectivity index (χ4v) is 5.43. The molecule has 1 aromatic carbocycles. The maximum Gasteiger partial charge on any atom is 0.251 e. The first-order chi connectivity index (χ1) is 12.5. The average Bonchev–Trinajstić information content (AvgIpc) is 3.15. The van der Waals surface area contributed by atoms with E-state index in [1.54, 1.807) is 49.1 Å². The molecule has 8 heteroatoms. The maximum atomic E-state index is 12.4. The molecule has 1 N–H and O–H groups in total. The van der Waals surface area contributed by atoms with Crippen LogP contribution >= 0.6 is 23.1 Å². The Morgan fingerprint density at radius 1 is 1.15 bits per heavy atom. The van der Waals surface area contributed by atoms with Crippen LogP contribution in [0.15, 0.2) is 46.0 Å². The van der Waals surface area contributed by atoms with Crippen molar-refractivity contribution in [3.05, 3.63) is 52.2 Å². The molecular formula is C18H24N2O3S3. The Morgan fingerprint density at radius 2 is 1.85 bits per heavy atom. The van der Waals surface area contributed by atoms with Crippen LogP contribution in [0.1, 0.15) is 29.8 Å². The van der Waals surface area contributed by atoms with Crippen LogP contribution in [0.2, 0.25) is 0 Å². The standard InChI is InChI=1S/C18H24N2O3S3/c1-3-20(4-2)26(22,23)17-7-5-16(6-8-17)18(21)19-10-12-25-14-15-9-11-24-13-15/h5-9,11,13H,3-4,10,12,14H2,1-2H3,(H,19,21). The first-order valence-electron chi connectivity index (χ1n) is 8.46. The van der Waals surface area contributed by atoms with Crippen LogP contribution in [0.25, 0.3) is 0 Å². The van der Waals surface area contributed by atoms with Gasteiger partial charge in [-0.2, -0.15) is 27.4 Å². The minimum Gasteiger partial charge on any atom is -0.351 e. The summed E-state index contributed by atoms with van der Waals surface area (Å²) in [4.78, 5) is 12.4. The Hall–Kier alpha value is -1.35. The van der Waals surface area contributed by atoms with Gasteiger partial charge in [0, 0.05) is 36.7 Å². The van der Waals surface area contributed by atoms with Crippen molar-refractivity contribution in [3.63, 3.8) is 0 Å². The molecule has 0 saturated heterocycles. The Morgan fingerprint density at radius 3 is 2.42 bits per heavy atom.